The molecule has 0 spiro atoms. The van der Waals surface area contributed by atoms with Crippen molar-refractivity contribution in [3.63, 3.8) is 0 Å². The maximum Gasteiger partial charge on any atom is 0.259 e. The predicted octanol–water partition coefficient (Wildman–Crippen LogP) is 4.04. The van der Waals surface area contributed by atoms with Gasteiger partial charge >= 0.3 is 0 Å². The zero-order chi connectivity index (χ0) is 17.0. The largest absolute Gasteiger partial charge is 0.309 e. The normalized spacial score (nSPS) is 20.6. The van der Waals surface area contributed by atoms with Crippen molar-refractivity contribution < 1.29 is 0 Å². The zero-order valence-electron chi connectivity index (χ0n) is 14.3. The highest BCUT2D eigenvalue weighted by atomic mass is 32.1. The molecular formula is C19H21N3OS2. The number of aryl methyl sites for hydroxylation is 2. The molecule has 0 amide bonds. The first kappa shape index (κ1) is 15.7. The van der Waals surface area contributed by atoms with Crippen molar-refractivity contribution in [2.75, 3.05) is 6.54 Å². The Balaban J connectivity index is 1.49. The summed E-state index contributed by atoms with van der Waals surface area (Å²) in [5.74, 6) is 0.807. The highest BCUT2D eigenvalue weighted by molar-refractivity contribution is 7.18. The summed E-state index contributed by atoms with van der Waals surface area (Å²) in [5.41, 5.74) is 2.76. The fourth-order valence-corrected chi connectivity index (χ4v) is 6.50. The van der Waals surface area contributed by atoms with Crippen LogP contribution in [0.4, 0.5) is 0 Å². The first-order chi connectivity index (χ1) is 12.2. The highest BCUT2D eigenvalue weighted by Gasteiger charge is 2.26. The number of H-pyrrole nitrogens is 1. The van der Waals surface area contributed by atoms with Crippen LogP contribution in [-0.2, 0) is 25.8 Å². The molecule has 3 aromatic heterocycles. The molecule has 25 heavy (non-hydrogen) atoms. The molecule has 5 rings (SSSR count). The zero-order valence-corrected chi connectivity index (χ0v) is 15.9. The monoisotopic (exact) mass is 371 g/mol. The van der Waals surface area contributed by atoms with Crippen molar-refractivity contribution in [1.29, 1.82) is 0 Å². The number of aromatic amines is 1. The molecule has 1 aliphatic heterocycles. The average Bonchev–Trinajstić information content (AvgIpc) is 3.21. The van der Waals surface area contributed by atoms with Gasteiger partial charge in [-0.25, -0.2) is 4.98 Å². The summed E-state index contributed by atoms with van der Waals surface area (Å²) in [7, 11) is 0. The van der Waals surface area contributed by atoms with E-state index in [0.29, 0.717) is 12.6 Å². The lowest BCUT2D eigenvalue weighted by atomic mass is 9.97. The molecule has 0 bridgehead atoms. The molecular weight excluding hydrogens is 350 g/mol. The van der Waals surface area contributed by atoms with Crippen LogP contribution in [0, 0.1) is 0 Å². The molecule has 130 valence electrons. The van der Waals surface area contributed by atoms with Crippen LogP contribution < -0.4 is 5.56 Å². The van der Waals surface area contributed by atoms with Crippen LogP contribution in [0.25, 0.3) is 10.2 Å². The van der Waals surface area contributed by atoms with E-state index in [4.69, 9.17) is 4.98 Å². The molecule has 1 aliphatic carbocycles. The molecule has 1 N–H and O–H groups in total. The number of nitrogens with one attached hydrogen (secondary N) is 1. The van der Waals surface area contributed by atoms with Crippen molar-refractivity contribution in [2.45, 2.75) is 51.6 Å². The van der Waals surface area contributed by atoms with Gasteiger partial charge in [0.1, 0.15) is 10.7 Å². The van der Waals surface area contributed by atoms with Crippen molar-refractivity contribution in [3.8, 4) is 0 Å². The average molecular weight is 372 g/mol. The van der Waals surface area contributed by atoms with E-state index in [0.717, 1.165) is 41.8 Å². The van der Waals surface area contributed by atoms with Gasteiger partial charge in [-0.3, -0.25) is 9.69 Å². The second-order valence-corrected chi connectivity index (χ2v) is 9.18. The van der Waals surface area contributed by atoms with Gasteiger partial charge in [0.05, 0.1) is 11.9 Å². The lowest BCUT2D eigenvalue weighted by Crippen LogP contribution is -2.33. The van der Waals surface area contributed by atoms with Gasteiger partial charge in [0.15, 0.2) is 0 Å². The quantitative estimate of drug-likeness (QED) is 0.739. The molecule has 6 heteroatoms. The van der Waals surface area contributed by atoms with Crippen LogP contribution in [-0.4, -0.2) is 21.4 Å². The van der Waals surface area contributed by atoms with Gasteiger partial charge in [0.2, 0.25) is 0 Å². The predicted molar refractivity (Wildman–Crippen MR) is 104 cm³/mol. The summed E-state index contributed by atoms with van der Waals surface area (Å²) in [6, 6.07) is 2.62. The first-order valence-electron chi connectivity index (χ1n) is 9.04. The number of aromatic nitrogens is 2. The lowest BCUT2D eigenvalue weighted by Gasteiger charge is -2.33. The number of hydrogen-bond donors (Lipinski definition) is 1. The van der Waals surface area contributed by atoms with Crippen LogP contribution in [0.15, 0.2) is 16.2 Å². The maximum absolute atomic E-state index is 12.7. The molecule has 4 nitrogen and oxygen atoms in total. The van der Waals surface area contributed by atoms with Crippen molar-refractivity contribution in [1.82, 2.24) is 14.9 Å². The molecule has 4 heterocycles. The Hall–Kier alpha value is -1.50. The van der Waals surface area contributed by atoms with E-state index >= 15 is 0 Å². The number of fused-ring (bicyclic) bond motifs is 4. The molecule has 2 aliphatic rings. The summed E-state index contributed by atoms with van der Waals surface area (Å²) in [6.45, 7) is 3.99. The van der Waals surface area contributed by atoms with Crippen LogP contribution in [0.2, 0.25) is 0 Å². The Morgan fingerprint density at radius 2 is 2.16 bits per heavy atom. The minimum atomic E-state index is 0.0558. The van der Waals surface area contributed by atoms with E-state index in [1.165, 1.54) is 33.7 Å². The highest BCUT2D eigenvalue weighted by Crippen LogP contribution is 2.35. The van der Waals surface area contributed by atoms with Crippen molar-refractivity contribution >= 4 is 32.9 Å². The third-order valence-corrected chi connectivity index (χ3v) is 7.81. The smallest absolute Gasteiger partial charge is 0.259 e. The minimum absolute atomic E-state index is 0.0558. The second-order valence-electron chi connectivity index (χ2n) is 7.10. The topological polar surface area (TPSA) is 49.0 Å². The van der Waals surface area contributed by atoms with Gasteiger partial charge in [-0.1, -0.05) is 0 Å². The van der Waals surface area contributed by atoms with E-state index in [1.807, 2.05) is 11.3 Å². The van der Waals surface area contributed by atoms with Crippen LogP contribution in [0.5, 0.6) is 0 Å². The number of hydrogen-bond acceptors (Lipinski definition) is 5. The van der Waals surface area contributed by atoms with Gasteiger partial charge < -0.3 is 4.98 Å². The van der Waals surface area contributed by atoms with Gasteiger partial charge in [-0.15, -0.1) is 22.7 Å². The maximum atomic E-state index is 12.7. The van der Waals surface area contributed by atoms with Gasteiger partial charge in [0.25, 0.3) is 5.56 Å². The van der Waals surface area contributed by atoms with Crippen molar-refractivity contribution in [2.24, 2.45) is 0 Å². The molecule has 3 aromatic rings. The SMILES string of the molecule is C[C@H]1c2ccsc2CCN1Cc1nc2sc3c(c2c(=O)[nH]1)CCCC3. The van der Waals surface area contributed by atoms with Crippen molar-refractivity contribution in [3.05, 3.63) is 48.5 Å². The number of thiophene rings is 2. The van der Waals surface area contributed by atoms with E-state index in [-0.39, 0.29) is 5.56 Å². The third kappa shape index (κ3) is 2.58. The summed E-state index contributed by atoms with van der Waals surface area (Å²) in [5, 5.41) is 3.04. The van der Waals surface area contributed by atoms with Crippen LogP contribution >= 0.6 is 22.7 Å². The minimum Gasteiger partial charge on any atom is -0.309 e. The van der Waals surface area contributed by atoms with Gasteiger partial charge in [-0.2, -0.15) is 0 Å². The summed E-state index contributed by atoms with van der Waals surface area (Å²) >= 11 is 3.59. The number of nitrogens with zero attached hydrogens (tertiary/aromatic N) is 2. The Kier molecular flexibility index (Phi) is 3.80. The lowest BCUT2D eigenvalue weighted by molar-refractivity contribution is 0.186. The fourth-order valence-electron chi connectivity index (χ4n) is 4.25. The molecule has 0 unspecified atom stereocenters. The number of rotatable bonds is 2. The molecule has 0 fully saturated rings. The Labute approximate surface area is 154 Å². The first-order valence-corrected chi connectivity index (χ1v) is 10.7. The Morgan fingerprint density at radius 3 is 3.08 bits per heavy atom. The summed E-state index contributed by atoms with van der Waals surface area (Å²) < 4.78 is 0. The van der Waals surface area contributed by atoms with E-state index < -0.39 is 0 Å². The summed E-state index contributed by atoms with van der Waals surface area (Å²) in [6.07, 6.45) is 5.66. The Bertz CT molecular complexity index is 1000. The molecule has 1 atom stereocenters. The van der Waals surface area contributed by atoms with E-state index in [9.17, 15) is 4.79 Å². The molecule has 0 saturated heterocycles. The summed E-state index contributed by atoms with van der Waals surface area (Å²) in [4.78, 5) is 26.9. The molecule has 0 saturated carbocycles. The molecule has 0 radical (unpaired) electrons. The second kappa shape index (κ2) is 6.04. The van der Waals surface area contributed by atoms with Crippen LogP contribution in [0.1, 0.15) is 52.5 Å². The van der Waals surface area contributed by atoms with Gasteiger partial charge in [0, 0.05) is 22.3 Å². The Morgan fingerprint density at radius 1 is 1.28 bits per heavy atom. The standard InChI is InChI=1S/C19H21N3OS2/c1-11-12-7-9-24-14(12)6-8-22(11)10-16-20-18(23)17-13-4-2-3-5-15(13)25-19(17)21-16/h7,9,11H,2-6,8,10H2,1H3,(H,20,21,23)/t11-/m0/s1. The van der Waals surface area contributed by atoms with E-state index in [2.05, 4.69) is 28.3 Å². The van der Waals surface area contributed by atoms with Crippen LogP contribution in [0.3, 0.4) is 0 Å². The third-order valence-electron chi connectivity index (χ3n) is 5.63. The van der Waals surface area contributed by atoms with E-state index in [1.54, 1.807) is 11.3 Å². The van der Waals surface area contributed by atoms with Gasteiger partial charge in [-0.05, 0) is 61.6 Å². The molecule has 0 aromatic carbocycles. The fraction of sp³-hybridized carbons (Fsp3) is 0.474.